The van der Waals surface area contributed by atoms with Gasteiger partial charge >= 0.3 is 0 Å². The lowest BCUT2D eigenvalue weighted by Gasteiger charge is -2.17. The van der Waals surface area contributed by atoms with E-state index in [2.05, 4.69) is 138 Å². The average Bonchev–Trinajstić information content (AvgIpc) is 1.60. The number of rotatable bonds is 2. The van der Waals surface area contributed by atoms with E-state index in [1.54, 1.807) is 66.3 Å². The number of allylic oxidation sites excluding steroid dienone is 5. The Morgan fingerprint density at radius 1 is 0.324 bits per heavy atom. The molecule has 17 aromatic heterocycles. The Morgan fingerprint density at radius 3 is 1.17 bits per heavy atom. The summed E-state index contributed by atoms with van der Waals surface area (Å²) in [5.74, 6) is 0.897. The van der Waals surface area contributed by atoms with Crippen LogP contribution in [0.2, 0.25) is 0 Å². The third-order valence-corrected chi connectivity index (χ3v) is 28.8. The normalized spacial score (nSPS) is 16.7. The van der Waals surface area contributed by atoms with Gasteiger partial charge in [0.15, 0.2) is 22.8 Å². The Hall–Kier alpha value is -17.6. The molecular weight excluding hydrogens is 1870 g/mol. The van der Waals surface area contributed by atoms with Gasteiger partial charge in [-0.25, -0.2) is 39.9 Å². The first-order valence-corrected chi connectivity index (χ1v) is 50.5. The van der Waals surface area contributed by atoms with Crippen molar-refractivity contribution in [1.82, 2.24) is 178 Å². The highest BCUT2D eigenvalue weighted by molar-refractivity contribution is 6.02. The number of fused-ring (bicyclic) bond motifs is 34. The lowest BCUT2D eigenvalue weighted by Crippen LogP contribution is -2.29. The topological polar surface area (TPSA) is 447 Å². The molecule has 2 saturated carbocycles. The minimum absolute atomic E-state index is 0.108. The van der Waals surface area contributed by atoms with E-state index in [-0.39, 0.29) is 29.5 Å². The van der Waals surface area contributed by atoms with Crippen LogP contribution < -0.4 is 16.0 Å². The molecule has 5 amide bonds. The van der Waals surface area contributed by atoms with E-state index in [1.165, 1.54) is 42.5 Å². The van der Waals surface area contributed by atoms with E-state index in [4.69, 9.17) is 45.1 Å². The predicted molar refractivity (Wildman–Crippen MR) is 544 cm³/mol. The first-order valence-electron chi connectivity index (χ1n) is 50.5. The maximum Gasteiger partial charge on any atom is 0.274 e. The Bertz CT molecular complexity index is 8540. The zero-order valence-electron chi connectivity index (χ0n) is 83.1. The van der Waals surface area contributed by atoms with Gasteiger partial charge in [-0.15, -0.1) is 0 Å². The van der Waals surface area contributed by atoms with Crippen molar-refractivity contribution in [3.05, 3.63) is 295 Å². The molecule has 22 heterocycles. The van der Waals surface area contributed by atoms with Crippen molar-refractivity contribution < 1.29 is 24.0 Å². The standard InChI is InChI=1S/C26H25N7O.C21H18N8O.C21H21N7O.C20H21N7O.C19H19N7O/c1-31-15-21-26(33-12-3-2-5-22(33)28-21)20-13-27-19-10-9-17(25(19)29-20)18-14-32(11-4-6-23(31)34)30-24(18)16-7-8-16;1-12-14-11-28(27-12)8-2-6-22-20(30)18-19(29-9-3-7-23-21(29)26-18)16-10-24-15-5-4-13(14)17(15)25-16;1-27-10-15-17-9-23-16-6-5-13(19(16)24-17)14-11-28(26-18(14)12-3-4-12)8-2-7-22-21(29)20(15)25-27;1-12-14-11-27(23-12)8-4-7-25(2)20(28)19-15(10-26(3)24-19)17-9-21-16-6-5-13(14)18(16)22-17;1-11-13-10-26(23-11)7-3-6-20-19(27)18-14(9-25(2)24-18)16-8-21-15-5-4-12(13)17(15)22-16/h2-3,5,9,12-14,16H,4,6-8,10-11,15H2,1H3;3-4,7,9-11H,2,5-6,8H2,1H3,(H,22,30);5,9-12H,2-4,6-8H2,1H3,(H,22,29);5,9-11H,4,6-8H2,1-3H3;4,8-10H,3,5-7H2,1-2H3,(H,20,27). The van der Waals surface area contributed by atoms with Crippen LogP contribution >= 0.6 is 0 Å². The summed E-state index contributed by atoms with van der Waals surface area (Å²) in [6.45, 7) is 12.4. The minimum atomic E-state index is -0.247. The molecule has 2 fully saturated rings. The van der Waals surface area contributed by atoms with Gasteiger partial charge in [0.2, 0.25) is 11.7 Å². The molecule has 7 aliphatic carbocycles. The van der Waals surface area contributed by atoms with Crippen LogP contribution in [0.4, 0.5) is 0 Å². The lowest BCUT2D eigenvalue weighted by atomic mass is 10.0. The number of carbonyl (C=O) groups excluding carboxylic acids is 5. The molecule has 148 heavy (non-hydrogen) atoms. The highest BCUT2D eigenvalue weighted by Crippen LogP contribution is 2.48. The molecule has 0 spiro atoms. The second-order valence-electron chi connectivity index (χ2n) is 39.4. The van der Waals surface area contributed by atoms with Gasteiger partial charge in [-0.3, -0.25) is 95.1 Å². The lowest BCUT2D eigenvalue weighted by molar-refractivity contribution is -0.130. The summed E-state index contributed by atoms with van der Waals surface area (Å²) in [4.78, 5) is 130. The summed E-state index contributed by atoms with van der Waals surface area (Å²) in [6, 6.07) is 7.75. The summed E-state index contributed by atoms with van der Waals surface area (Å²) in [5, 5.41) is 45.8. The molecule has 29 rings (SSSR count). The van der Waals surface area contributed by atoms with Gasteiger partial charge in [0.05, 0.1) is 168 Å². The molecule has 20 bridgehead atoms. The van der Waals surface area contributed by atoms with Gasteiger partial charge in [0.25, 0.3) is 23.6 Å². The first-order chi connectivity index (χ1) is 72.1. The van der Waals surface area contributed by atoms with Crippen molar-refractivity contribution in [2.45, 2.75) is 168 Å². The van der Waals surface area contributed by atoms with Crippen molar-refractivity contribution in [3.8, 4) is 56.5 Å². The second-order valence-corrected chi connectivity index (χ2v) is 39.4. The highest BCUT2D eigenvalue weighted by atomic mass is 16.2. The number of hydrogen-bond acceptors (Lipinski definition) is 26. The number of amides is 5. The molecule has 17 aromatic rings. The van der Waals surface area contributed by atoms with E-state index in [0.717, 1.165) is 237 Å². The number of carbonyl (C=O) groups is 5. The van der Waals surface area contributed by atoms with E-state index in [1.807, 2.05) is 138 Å². The SMILES string of the molecule is CN1Cc2nc3ccccn3c2-c2cnc3c(n2)C(=CC3)c2cn(nc2C2CC2)CCCC1=O.Cc1nn2cc1C1=CCc3ncc(nc31)-c1c(nc3ncccn13)C(=O)NCCC2.Cc1nn2cc1C1=CCc3ncc(nc31)-c1cn(C)nc1C(=O)N(C)CCC2.Cc1nn2cc1C1=CCc3ncc(nc31)-c1cn(C)nc1C(=O)NCCC2.Cn1cc2c(n1)C(=O)NCCCn1cc(c(C3CC3)n1)C1=CCc3ncc-2nc31. The zero-order valence-corrected chi connectivity index (χ0v) is 83.1. The van der Waals surface area contributed by atoms with Crippen LogP contribution in [0.5, 0.6) is 0 Å². The molecule has 0 radical (unpaired) electrons. The third kappa shape index (κ3) is 17.1. The number of imidazole rings is 2. The summed E-state index contributed by atoms with van der Waals surface area (Å²) < 4.78 is 18.7. The monoisotopic (exact) mass is 1970 g/mol. The smallest absolute Gasteiger partial charge is 0.274 e. The van der Waals surface area contributed by atoms with Gasteiger partial charge in [0.1, 0.15) is 22.7 Å². The number of aromatic nitrogens is 31. The van der Waals surface area contributed by atoms with Crippen LogP contribution in [0.1, 0.15) is 237 Å². The van der Waals surface area contributed by atoms with Crippen LogP contribution in [0.15, 0.2) is 154 Å². The van der Waals surface area contributed by atoms with Crippen LogP contribution in [-0.4, -0.2) is 231 Å². The molecular formula is C107H104N36O5. The summed E-state index contributed by atoms with van der Waals surface area (Å²) in [5.41, 5.74) is 35.6. The fourth-order valence-corrected chi connectivity index (χ4v) is 21.2. The molecule has 0 atom stereocenters. The third-order valence-electron chi connectivity index (χ3n) is 28.8. The molecule has 0 saturated heterocycles. The largest absolute Gasteiger partial charge is 0.351 e. The minimum Gasteiger partial charge on any atom is -0.351 e. The maximum atomic E-state index is 13.0. The molecule has 41 nitrogen and oxygen atoms in total. The number of nitrogens with one attached hydrogen (secondary N) is 3. The fourth-order valence-electron chi connectivity index (χ4n) is 21.2. The van der Waals surface area contributed by atoms with Crippen LogP contribution in [0.3, 0.4) is 0 Å². The molecule has 0 unspecified atom stereocenters. The van der Waals surface area contributed by atoms with Gasteiger partial charge in [0, 0.05) is 268 Å². The van der Waals surface area contributed by atoms with Crippen LogP contribution in [-0.2, 0) is 97.3 Å². The zero-order chi connectivity index (χ0) is 101. The maximum absolute atomic E-state index is 13.0. The Labute approximate surface area is 847 Å². The van der Waals surface area contributed by atoms with E-state index in [0.29, 0.717) is 131 Å². The highest BCUT2D eigenvalue weighted by Gasteiger charge is 2.39. The van der Waals surface area contributed by atoms with Gasteiger partial charge < -0.3 is 25.8 Å². The Morgan fingerprint density at radius 2 is 0.709 bits per heavy atom. The second kappa shape index (κ2) is 37.2. The van der Waals surface area contributed by atoms with Gasteiger partial charge in [-0.2, -0.15) is 40.8 Å². The number of hydrogen-bond donors (Lipinski definition) is 3. The molecule has 742 valence electrons. The molecule has 0 aromatic carbocycles. The molecule has 12 aliphatic rings. The fraction of sp³-hybridized carbons (Fsp3) is 0.327. The van der Waals surface area contributed by atoms with Crippen molar-refractivity contribution >= 4 is 68.8 Å². The number of aryl methyl sites for hydroxylation is 11. The number of nitrogens with zero attached hydrogens (tertiary/aromatic N) is 33. The van der Waals surface area contributed by atoms with Crippen molar-refractivity contribution in [1.29, 1.82) is 0 Å². The van der Waals surface area contributed by atoms with Crippen LogP contribution in [0.25, 0.3) is 95.8 Å². The van der Waals surface area contributed by atoms with Gasteiger partial charge in [-0.1, -0.05) is 36.4 Å². The van der Waals surface area contributed by atoms with Gasteiger partial charge in [-0.05, 0) is 96.8 Å². The molecule has 3 N–H and O–H groups in total. The molecule has 41 heteroatoms. The Balaban J connectivity index is 0.0000000963. The summed E-state index contributed by atoms with van der Waals surface area (Å²) >= 11 is 0. The summed E-state index contributed by atoms with van der Waals surface area (Å²) in [7, 11) is 9.09. The first kappa shape index (κ1) is 91.6. The van der Waals surface area contributed by atoms with Crippen LogP contribution in [0, 0.1) is 20.8 Å². The van der Waals surface area contributed by atoms with Crippen molar-refractivity contribution in [2.24, 2.45) is 21.1 Å². The Kier molecular flexibility index (Phi) is 23.1. The average molecular weight is 1970 g/mol. The van der Waals surface area contributed by atoms with Crippen molar-refractivity contribution in [2.75, 3.05) is 40.3 Å². The van der Waals surface area contributed by atoms with Crippen molar-refractivity contribution in [3.63, 3.8) is 0 Å². The summed E-state index contributed by atoms with van der Waals surface area (Å²) in [6.07, 6.45) is 54.2. The van der Waals surface area contributed by atoms with E-state index >= 15 is 0 Å². The molecule has 5 aliphatic heterocycles. The predicted octanol–water partition coefficient (Wildman–Crippen LogP) is 10.8. The number of pyridine rings is 1. The quantitative estimate of drug-likeness (QED) is 0.145. The van der Waals surface area contributed by atoms with E-state index < -0.39 is 0 Å². The van der Waals surface area contributed by atoms with E-state index in [9.17, 15) is 24.0 Å².